The lowest BCUT2D eigenvalue weighted by Gasteiger charge is -2.29. The second-order valence-corrected chi connectivity index (χ2v) is 4.27. The molecule has 0 aromatic rings. The minimum Gasteiger partial charge on any atom is -0.480 e. The molecule has 0 spiro atoms. The zero-order valence-corrected chi connectivity index (χ0v) is 9.44. The Morgan fingerprint density at radius 1 is 1.62 bits per heavy atom. The summed E-state index contributed by atoms with van der Waals surface area (Å²) in [4.78, 5) is 11.3. The number of nitrogens with one attached hydrogen (secondary N) is 2. The smallest absolute Gasteiger partial charge is 0.451 e. The van der Waals surface area contributed by atoms with Crippen LogP contribution in [0.2, 0.25) is 6.32 Å². The van der Waals surface area contributed by atoms with Gasteiger partial charge in [-0.3, -0.25) is 4.79 Å². The quantitative estimate of drug-likeness (QED) is 0.356. The first kappa shape index (κ1) is 13.4. The second kappa shape index (κ2) is 5.63. The molecule has 1 aliphatic rings. The van der Waals surface area contributed by atoms with Crippen molar-refractivity contribution < 1.29 is 19.9 Å². The largest absolute Gasteiger partial charge is 0.480 e. The molecule has 92 valence electrons. The van der Waals surface area contributed by atoms with Gasteiger partial charge >= 0.3 is 13.1 Å². The summed E-state index contributed by atoms with van der Waals surface area (Å²) in [5.41, 5.74) is -0.916. The van der Waals surface area contributed by atoms with Gasteiger partial charge < -0.3 is 25.8 Å². The third-order valence-corrected chi connectivity index (χ3v) is 3.33. The summed E-state index contributed by atoms with van der Waals surface area (Å²) in [6.07, 6.45) is 1.56. The molecule has 0 aliphatic carbocycles. The lowest BCUT2D eigenvalue weighted by atomic mass is 9.78. The second-order valence-electron chi connectivity index (χ2n) is 4.27. The van der Waals surface area contributed by atoms with Gasteiger partial charge in [-0.25, -0.2) is 0 Å². The summed E-state index contributed by atoms with van der Waals surface area (Å²) in [7, 11) is 0.345. The summed E-state index contributed by atoms with van der Waals surface area (Å²) >= 11 is 0. The minimum atomic E-state index is -1.30. The number of carboxylic acid groups (broad SMARTS) is 1. The molecular weight excluding hydrogens is 211 g/mol. The molecule has 1 saturated heterocycles. The highest BCUT2D eigenvalue weighted by molar-refractivity contribution is 6.40. The van der Waals surface area contributed by atoms with Crippen LogP contribution in [-0.2, 0) is 4.79 Å². The third-order valence-electron chi connectivity index (χ3n) is 3.33. The summed E-state index contributed by atoms with van der Waals surface area (Å²) in [6, 6.07) is 0. The first-order chi connectivity index (χ1) is 7.53. The normalized spacial score (nSPS) is 29.3. The Kier molecular flexibility index (Phi) is 4.73. The van der Waals surface area contributed by atoms with Crippen LogP contribution in [0, 0.1) is 5.92 Å². The number of hydrogen-bond acceptors (Lipinski definition) is 5. The van der Waals surface area contributed by atoms with Crippen molar-refractivity contribution in [3.8, 4) is 0 Å². The fourth-order valence-corrected chi connectivity index (χ4v) is 2.31. The van der Waals surface area contributed by atoms with Gasteiger partial charge in [-0.2, -0.15) is 0 Å². The Bertz CT molecular complexity index is 252. The predicted octanol–water partition coefficient (Wildman–Crippen LogP) is -1.50. The average Bonchev–Trinajstić information content (AvgIpc) is 2.61. The summed E-state index contributed by atoms with van der Waals surface area (Å²) in [5.74, 6) is -0.872. The maximum atomic E-state index is 11.3. The van der Waals surface area contributed by atoms with Crippen LogP contribution in [0.15, 0.2) is 0 Å². The van der Waals surface area contributed by atoms with E-state index in [4.69, 9.17) is 10.0 Å². The Morgan fingerprint density at radius 3 is 2.81 bits per heavy atom. The van der Waals surface area contributed by atoms with Crippen molar-refractivity contribution >= 4 is 13.1 Å². The molecule has 2 atom stereocenters. The van der Waals surface area contributed by atoms with Gasteiger partial charge in [0.05, 0.1) is 0 Å². The third kappa shape index (κ3) is 2.73. The van der Waals surface area contributed by atoms with Gasteiger partial charge in [0.25, 0.3) is 0 Å². The number of carboxylic acids is 1. The van der Waals surface area contributed by atoms with E-state index in [0.29, 0.717) is 25.9 Å². The Labute approximate surface area is 95.2 Å². The van der Waals surface area contributed by atoms with E-state index in [2.05, 4.69) is 10.6 Å². The first-order valence-corrected chi connectivity index (χ1v) is 5.52. The molecule has 0 bridgehead atoms. The standard InChI is InChI=1S/C9H19BN2O4/c1-11-9(8(13)14)6-12-5-7(9)3-2-4-10(15)16/h7,11-12,15-16H,2-6H2,1H3,(H,13,14). The predicted molar refractivity (Wildman–Crippen MR) is 60.0 cm³/mol. The van der Waals surface area contributed by atoms with E-state index >= 15 is 0 Å². The molecule has 1 aliphatic heterocycles. The highest BCUT2D eigenvalue weighted by Crippen LogP contribution is 2.27. The SMILES string of the molecule is CNC1(C(=O)O)CNCC1CCCB(O)O. The Morgan fingerprint density at radius 2 is 2.31 bits per heavy atom. The molecular formula is C9H19BN2O4. The molecule has 6 nitrogen and oxygen atoms in total. The van der Waals surface area contributed by atoms with E-state index in [9.17, 15) is 9.90 Å². The van der Waals surface area contributed by atoms with Crippen LogP contribution in [0.3, 0.4) is 0 Å². The lowest BCUT2D eigenvalue weighted by molar-refractivity contribution is -0.145. The zero-order valence-electron chi connectivity index (χ0n) is 9.44. The Hall–Kier alpha value is -0.625. The van der Waals surface area contributed by atoms with Gasteiger partial charge in [0.1, 0.15) is 5.54 Å². The van der Waals surface area contributed by atoms with Crippen LogP contribution in [0.1, 0.15) is 12.8 Å². The molecule has 0 saturated carbocycles. The molecule has 7 heteroatoms. The van der Waals surface area contributed by atoms with Crippen LogP contribution >= 0.6 is 0 Å². The van der Waals surface area contributed by atoms with E-state index in [0.717, 1.165) is 0 Å². The van der Waals surface area contributed by atoms with Crippen molar-refractivity contribution in [3.05, 3.63) is 0 Å². The van der Waals surface area contributed by atoms with Crippen LogP contribution in [-0.4, -0.2) is 53.9 Å². The molecule has 1 fully saturated rings. The van der Waals surface area contributed by atoms with Gasteiger partial charge in [0.15, 0.2) is 0 Å². The van der Waals surface area contributed by atoms with Gasteiger partial charge in [0, 0.05) is 19.0 Å². The van der Waals surface area contributed by atoms with Gasteiger partial charge in [-0.15, -0.1) is 0 Å². The number of likely N-dealkylation sites (N-methyl/N-ethyl adjacent to an activating group) is 1. The molecule has 1 rings (SSSR count). The molecule has 2 unspecified atom stereocenters. The van der Waals surface area contributed by atoms with Crippen LogP contribution < -0.4 is 10.6 Å². The van der Waals surface area contributed by atoms with E-state index in [1.165, 1.54) is 0 Å². The molecule has 1 heterocycles. The number of hydrogen-bond donors (Lipinski definition) is 5. The maximum Gasteiger partial charge on any atom is 0.451 e. The van der Waals surface area contributed by atoms with Crippen molar-refractivity contribution in [1.29, 1.82) is 0 Å². The average molecular weight is 230 g/mol. The van der Waals surface area contributed by atoms with Crippen LogP contribution in [0.5, 0.6) is 0 Å². The number of aliphatic carboxylic acids is 1. The topological polar surface area (TPSA) is 102 Å². The van der Waals surface area contributed by atoms with Crippen molar-refractivity contribution in [3.63, 3.8) is 0 Å². The molecule has 5 N–H and O–H groups in total. The van der Waals surface area contributed by atoms with Gasteiger partial charge in [0.2, 0.25) is 0 Å². The summed E-state index contributed by atoms with van der Waals surface area (Å²) in [5, 5.41) is 32.6. The van der Waals surface area contributed by atoms with E-state index in [1.807, 2.05) is 0 Å². The summed E-state index contributed by atoms with van der Waals surface area (Å²) < 4.78 is 0. The van der Waals surface area contributed by atoms with E-state index < -0.39 is 18.6 Å². The highest BCUT2D eigenvalue weighted by atomic mass is 16.4. The molecule has 0 aromatic carbocycles. The van der Waals surface area contributed by atoms with Crippen molar-refractivity contribution in [2.24, 2.45) is 5.92 Å². The molecule has 16 heavy (non-hydrogen) atoms. The fourth-order valence-electron chi connectivity index (χ4n) is 2.31. The monoisotopic (exact) mass is 230 g/mol. The summed E-state index contributed by atoms with van der Waals surface area (Å²) in [6.45, 7) is 1.06. The van der Waals surface area contributed by atoms with Crippen LogP contribution in [0.25, 0.3) is 0 Å². The molecule has 0 aromatic heterocycles. The Balaban J connectivity index is 2.54. The fraction of sp³-hybridized carbons (Fsp3) is 0.889. The number of rotatable bonds is 6. The van der Waals surface area contributed by atoms with E-state index in [-0.39, 0.29) is 12.2 Å². The number of carbonyl (C=O) groups is 1. The van der Waals surface area contributed by atoms with Crippen LogP contribution in [0.4, 0.5) is 0 Å². The highest BCUT2D eigenvalue weighted by Gasteiger charge is 2.47. The van der Waals surface area contributed by atoms with E-state index in [1.54, 1.807) is 7.05 Å². The lowest BCUT2D eigenvalue weighted by Crippen LogP contribution is -2.56. The van der Waals surface area contributed by atoms with Crippen molar-refractivity contribution in [1.82, 2.24) is 10.6 Å². The van der Waals surface area contributed by atoms with Gasteiger partial charge in [-0.05, 0) is 19.8 Å². The van der Waals surface area contributed by atoms with Gasteiger partial charge in [-0.1, -0.05) is 6.42 Å². The minimum absolute atomic E-state index is 0.0197. The zero-order chi connectivity index (χ0) is 12.2. The van der Waals surface area contributed by atoms with Crippen molar-refractivity contribution in [2.45, 2.75) is 24.7 Å². The molecule has 0 radical (unpaired) electrons. The van der Waals surface area contributed by atoms with Crippen molar-refractivity contribution in [2.75, 3.05) is 20.1 Å². The maximum absolute atomic E-state index is 11.3. The first-order valence-electron chi connectivity index (χ1n) is 5.52. The molecule has 0 amide bonds.